The zero-order chi connectivity index (χ0) is 19.4. The Balaban J connectivity index is 1.63. The van der Waals surface area contributed by atoms with Gasteiger partial charge in [0.2, 0.25) is 5.91 Å². The SMILES string of the molecule is CN(C)CC1(CNC(=O)[C@@H]2CCCN2C(=O)c2ccc(Br)cc2)CCCC1. The first-order valence-electron chi connectivity index (χ1n) is 9.89. The van der Waals surface area contributed by atoms with Crippen LogP contribution in [-0.2, 0) is 4.79 Å². The smallest absolute Gasteiger partial charge is 0.254 e. The monoisotopic (exact) mass is 435 g/mol. The molecule has 1 aromatic rings. The van der Waals surface area contributed by atoms with Gasteiger partial charge in [-0.1, -0.05) is 28.8 Å². The Kier molecular flexibility index (Phi) is 6.58. The van der Waals surface area contributed by atoms with Gasteiger partial charge in [0.1, 0.15) is 6.04 Å². The zero-order valence-corrected chi connectivity index (χ0v) is 17.9. The van der Waals surface area contributed by atoms with E-state index < -0.39 is 0 Å². The Morgan fingerprint density at radius 3 is 2.48 bits per heavy atom. The number of hydrogen-bond acceptors (Lipinski definition) is 3. The number of nitrogens with zero attached hydrogens (tertiary/aromatic N) is 2. The van der Waals surface area contributed by atoms with Crippen molar-refractivity contribution in [1.82, 2.24) is 15.1 Å². The summed E-state index contributed by atoms with van der Waals surface area (Å²) >= 11 is 3.40. The lowest BCUT2D eigenvalue weighted by Crippen LogP contribution is -2.49. The predicted molar refractivity (Wildman–Crippen MR) is 111 cm³/mol. The van der Waals surface area contributed by atoms with E-state index >= 15 is 0 Å². The van der Waals surface area contributed by atoms with E-state index in [0.29, 0.717) is 18.7 Å². The number of amides is 2. The lowest BCUT2D eigenvalue weighted by molar-refractivity contribution is -0.125. The number of nitrogens with one attached hydrogen (secondary N) is 1. The molecule has 0 aromatic heterocycles. The fraction of sp³-hybridized carbons (Fsp3) is 0.619. The average molecular weight is 436 g/mol. The second-order valence-corrected chi connectivity index (χ2v) is 9.24. The van der Waals surface area contributed by atoms with Crippen molar-refractivity contribution in [2.24, 2.45) is 5.41 Å². The molecule has 1 aromatic carbocycles. The van der Waals surface area contributed by atoms with Gasteiger partial charge < -0.3 is 15.1 Å². The molecule has 0 spiro atoms. The molecule has 1 heterocycles. The lowest BCUT2D eigenvalue weighted by atomic mass is 9.85. The van der Waals surface area contributed by atoms with Gasteiger partial charge in [-0.05, 0) is 64.0 Å². The molecule has 0 radical (unpaired) electrons. The van der Waals surface area contributed by atoms with Crippen molar-refractivity contribution < 1.29 is 9.59 Å². The van der Waals surface area contributed by atoms with E-state index in [2.05, 4.69) is 40.2 Å². The molecule has 1 atom stereocenters. The highest BCUT2D eigenvalue weighted by atomic mass is 79.9. The van der Waals surface area contributed by atoms with Crippen molar-refractivity contribution in [3.05, 3.63) is 34.3 Å². The number of benzene rings is 1. The molecule has 3 rings (SSSR count). The third-order valence-electron chi connectivity index (χ3n) is 5.86. The molecule has 148 valence electrons. The third-order valence-corrected chi connectivity index (χ3v) is 6.39. The molecule has 1 aliphatic heterocycles. The highest BCUT2D eigenvalue weighted by Crippen LogP contribution is 2.38. The summed E-state index contributed by atoms with van der Waals surface area (Å²) in [4.78, 5) is 29.7. The fourth-order valence-electron chi connectivity index (χ4n) is 4.62. The largest absolute Gasteiger partial charge is 0.354 e. The Morgan fingerprint density at radius 1 is 1.19 bits per heavy atom. The maximum Gasteiger partial charge on any atom is 0.254 e. The van der Waals surface area contributed by atoms with Gasteiger partial charge in [-0.3, -0.25) is 9.59 Å². The Bertz CT molecular complexity index is 669. The van der Waals surface area contributed by atoms with E-state index in [-0.39, 0.29) is 23.3 Å². The second-order valence-electron chi connectivity index (χ2n) is 8.33. The van der Waals surface area contributed by atoms with Crippen molar-refractivity contribution >= 4 is 27.7 Å². The molecule has 1 saturated carbocycles. The van der Waals surface area contributed by atoms with Gasteiger partial charge in [0.05, 0.1) is 0 Å². The van der Waals surface area contributed by atoms with Crippen LogP contribution >= 0.6 is 15.9 Å². The van der Waals surface area contributed by atoms with Crippen LogP contribution in [0.3, 0.4) is 0 Å². The summed E-state index contributed by atoms with van der Waals surface area (Å²) in [5.41, 5.74) is 0.816. The van der Waals surface area contributed by atoms with Gasteiger partial charge in [0.25, 0.3) is 5.91 Å². The van der Waals surface area contributed by atoms with Gasteiger partial charge in [0, 0.05) is 35.1 Å². The maximum atomic E-state index is 12.9. The van der Waals surface area contributed by atoms with Crippen LogP contribution in [0, 0.1) is 5.41 Å². The minimum absolute atomic E-state index is 0.00277. The number of carbonyl (C=O) groups excluding carboxylic acids is 2. The summed E-state index contributed by atoms with van der Waals surface area (Å²) in [7, 11) is 4.19. The van der Waals surface area contributed by atoms with Crippen LogP contribution in [0.15, 0.2) is 28.7 Å². The molecule has 27 heavy (non-hydrogen) atoms. The molecular weight excluding hydrogens is 406 g/mol. The van der Waals surface area contributed by atoms with Crippen LogP contribution in [0.2, 0.25) is 0 Å². The van der Waals surface area contributed by atoms with Gasteiger partial charge in [-0.2, -0.15) is 0 Å². The zero-order valence-electron chi connectivity index (χ0n) is 16.3. The van der Waals surface area contributed by atoms with Gasteiger partial charge >= 0.3 is 0 Å². The number of halogens is 1. The molecule has 2 fully saturated rings. The fourth-order valence-corrected chi connectivity index (χ4v) is 4.88. The molecule has 0 unspecified atom stereocenters. The number of rotatable bonds is 6. The quantitative estimate of drug-likeness (QED) is 0.745. The van der Waals surface area contributed by atoms with Crippen molar-refractivity contribution in [3.8, 4) is 0 Å². The van der Waals surface area contributed by atoms with E-state index in [0.717, 1.165) is 36.7 Å². The molecule has 0 bridgehead atoms. The Morgan fingerprint density at radius 2 is 1.85 bits per heavy atom. The molecule has 2 aliphatic rings. The molecule has 5 nitrogen and oxygen atoms in total. The van der Waals surface area contributed by atoms with E-state index in [4.69, 9.17) is 0 Å². The van der Waals surface area contributed by atoms with Crippen LogP contribution in [0.25, 0.3) is 0 Å². The normalized spacial score (nSPS) is 21.6. The maximum absolute atomic E-state index is 12.9. The van der Waals surface area contributed by atoms with Crippen molar-refractivity contribution in [3.63, 3.8) is 0 Å². The van der Waals surface area contributed by atoms with Crippen LogP contribution < -0.4 is 5.32 Å². The number of likely N-dealkylation sites (tertiary alicyclic amines) is 1. The Labute approximate surface area is 170 Å². The summed E-state index contributed by atoms with van der Waals surface area (Å²) in [6.07, 6.45) is 6.43. The Hall–Kier alpha value is -1.40. The second kappa shape index (κ2) is 8.74. The molecule has 6 heteroatoms. The van der Waals surface area contributed by atoms with E-state index in [1.54, 1.807) is 4.90 Å². The lowest BCUT2D eigenvalue weighted by Gasteiger charge is -2.33. The highest BCUT2D eigenvalue weighted by molar-refractivity contribution is 9.10. The first kappa shape index (κ1) is 20.3. The molecule has 1 saturated heterocycles. The van der Waals surface area contributed by atoms with Crippen molar-refractivity contribution in [2.45, 2.75) is 44.6 Å². The number of hydrogen-bond donors (Lipinski definition) is 1. The summed E-state index contributed by atoms with van der Waals surface area (Å²) in [5.74, 6) is -0.0491. The van der Waals surface area contributed by atoms with E-state index in [9.17, 15) is 9.59 Å². The predicted octanol–water partition coefficient (Wildman–Crippen LogP) is 3.29. The molecular formula is C21H30BrN3O2. The highest BCUT2D eigenvalue weighted by Gasteiger charge is 2.38. The summed E-state index contributed by atoms with van der Waals surface area (Å²) in [5, 5.41) is 3.19. The van der Waals surface area contributed by atoms with E-state index in [1.807, 2.05) is 24.3 Å². The minimum Gasteiger partial charge on any atom is -0.354 e. The van der Waals surface area contributed by atoms with Crippen LogP contribution in [0.4, 0.5) is 0 Å². The average Bonchev–Trinajstić information content (AvgIpc) is 3.29. The van der Waals surface area contributed by atoms with Crippen LogP contribution in [0.5, 0.6) is 0 Å². The van der Waals surface area contributed by atoms with E-state index in [1.165, 1.54) is 12.8 Å². The van der Waals surface area contributed by atoms with Crippen LogP contribution in [-0.4, -0.2) is 61.4 Å². The summed E-state index contributed by atoms with van der Waals surface area (Å²) < 4.78 is 0.942. The molecule has 1 aliphatic carbocycles. The molecule has 1 N–H and O–H groups in total. The number of carbonyl (C=O) groups is 2. The molecule has 2 amide bonds. The standard InChI is InChI=1S/C21H30BrN3O2/c1-24(2)15-21(11-3-4-12-21)14-23-19(26)18-6-5-13-25(18)20(27)16-7-9-17(22)10-8-16/h7-10,18H,3-6,11-15H2,1-2H3,(H,23,26)/t18-/m0/s1. The minimum atomic E-state index is -0.348. The summed E-state index contributed by atoms with van der Waals surface area (Å²) in [6, 6.07) is 7.00. The first-order chi connectivity index (χ1) is 12.9. The first-order valence-corrected chi connectivity index (χ1v) is 10.7. The van der Waals surface area contributed by atoms with Crippen LogP contribution in [0.1, 0.15) is 48.9 Å². The van der Waals surface area contributed by atoms with Crippen molar-refractivity contribution in [2.75, 3.05) is 33.7 Å². The third kappa shape index (κ3) is 4.91. The van der Waals surface area contributed by atoms with Gasteiger partial charge in [-0.25, -0.2) is 0 Å². The summed E-state index contributed by atoms with van der Waals surface area (Å²) in [6.45, 7) is 2.36. The van der Waals surface area contributed by atoms with Gasteiger partial charge in [0.15, 0.2) is 0 Å². The topological polar surface area (TPSA) is 52.7 Å². The van der Waals surface area contributed by atoms with Gasteiger partial charge in [-0.15, -0.1) is 0 Å². The van der Waals surface area contributed by atoms with Crippen molar-refractivity contribution in [1.29, 1.82) is 0 Å².